The van der Waals surface area contributed by atoms with E-state index in [1.54, 1.807) is 21.0 Å². The fraction of sp³-hybridized carbons (Fsp3) is 0.280. The number of nitrogens with zero attached hydrogens (tertiary/aromatic N) is 1. The highest BCUT2D eigenvalue weighted by Gasteiger charge is 2.23. The summed E-state index contributed by atoms with van der Waals surface area (Å²) in [6.07, 6.45) is 1.02. The topological polar surface area (TPSA) is 83.7 Å². The van der Waals surface area contributed by atoms with Gasteiger partial charge in [-0.3, -0.25) is 4.79 Å². The number of carbonyl (C=O) groups excluding carboxylic acids is 2. The molecule has 7 nitrogen and oxygen atoms in total. The molecule has 0 fully saturated rings. The van der Waals surface area contributed by atoms with E-state index in [9.17, 15) is 9.59 Å². The molecule has 4 rings (SSSR count). The molecule has 3 aromatic rings. The lowest BCUT2D eigenvalue weighted by atomic mass is 10.1. The third-order valence-corrected chi connectivity index (χ3v) is 5.71. The number of benzene rings is 2. The smallest absolute Gasteiger partial charge is 0.340 e. The van der Waals surface area contributed by atoms with Crippen LogP contribution in [0.3, 0.4) is 0 Å². The number of aryl methyl sites for hydroxylation is 1. The Morgan fingerprint density at radius 1 is 1.06 bits per heavy atom. The number of ether oxygens (including phenoxy) is 2. The Balaban J connectivity index is 1.46. The third kappa shape index (κ3) is 4.24. The van der Waals surface area contributed by atoms with Crippen LogP contribution in [-0.4, -0.2) is 43.7 Å². The number of rotatable bonds is 7. The highest BCUT2D eigenvalue weighted by Crippen LogP contribution is 2.34. The molecule has 1 aliphatic rings. The molecular weight excluding hydrogens is 406 g/mol. The van der Waals surface area contributed by atoms with Crippen molar-refractivity contribution in [3.05, 3.63) is 76.6 Å². The molecule has 0 radical (unpaired) electrons. The first kappa shape index (κ1) is 21.6. The van der Waals surface area contributed by atoms with Gasteiger partial charge in [-0.1, -0.05) is 18.2 Å². The fourth-order valence-electron chi connectivity index (χ4n) is 4.10. The zero-order valence-electron chi connectivity index (χ0n) is 18.5. The molecule has 166 valence electrons. The van der Waals surface area contributed by atoms with Crippen molar-refractivity contribution in [1.82, 2.24) is 4.98 Å². The second kappa shape index (κ2) is 9.28. The van der Waals surface area contributed by atoms with E-state index in [-0.39, 0.29) is 12.5 Å². The summed E-state index contributed by atoms with van der Waals surface area (Å²) < 4.78 is 10.1. The first-order valence-electron chi connectivity index (χ1n) is 10.6. The Labute approximate surface area is 187 Å². The monoisotopic (exact) mass is 433 g/mol. The molecule has 0 spiro atoms. The molecule has 0 unspecified atom stereocenters. The van der Waals surface area contributed by atoms with E-state index in [0.29, 0.717) is 34.8 Å². The van der Waals surface area contributed by atoms with Crippen LogP contribution in [0.5, 0.6) is 0 Å². The number of H-pyrrole nitrogens is 1. The van der Waals surface area contributed by atoms with Crippen LogP contribution in [-0.2, 0) is 15.9 Å². The normalized spacial score (nSPS) is 12.5. The number of anilines is 3. The maximum Gasteiger partial charge on any atom is 0.340 e. The van der Waals surface area contributed by atoms with Crippen molar-refractivity contribution < 1.29 is 19.1 Å². The number of methoxy groups -OCH3 is 1. The second-order valence-electron chi connectivity index (χ2n) is 7.79. The number of hydrogen-bond donors (Lipinski definition) is 2. The van der Waals surface area contributed by atoms with Gasteiger partial charge in [0, 0.05) is 36.4 Å². The van der Waals surface area contributed by atoms with Gasteiger partial charge in [0.1, 0.15) is 12.3 Å². The number of carbonyl (C=O) groups is 2. The Morgan fingerprint density at radius 3 is 2.56 bits per heavy atom. The quantitative estimate of drug-likeness (QED) is 0.427. The summed E-state index contributed by atoms with van der Waals surface area (Å²) in [4.78, 5) is 30.5. The number of nitrogens with one attached hydrogen (secondary N) is 2. The van der Waals surface area contributed by atoms with Gasteiger partial charge in [0.2, 0.25) is 0 Å². The summed E-state index contributed by atoms with van der Waals surface area (Å²) in [7, 11) is 1.54. The van der Waals surface area contributed by atoms with Crippen molar-refractivity contribution in [2.24, 2.45) is 0 Å². The minimum Gasteiger partial charge on any atom is -0.460 e. The van der Waals surface area contributed by atoms with Gasteiger partial charge in [0.15, 0.2) is 0 Å². The van der Waals surface area contributed by atoms with Crippen molar-refractivity contribution in [2.45, 2.75) is 20.3 Å². The average molecular weight is 434 g/mol. The van der Waals surface area contributed by atoms with Crippen LogP contribution in [0.15, 0.2) is 48.5 Å². The number of amides is 1. The van der Waals surface area contributed by atoms with E-state index >= 15 is 0 Å². The molecule has 1 aliphatic heterocycles. The minimum absolute atomic E-state index is 0.161. The fourth-order valence-corrected chi connectivity index (χ4v) is 4.10. The van der Waals surface area contributed by atoms with E-state index in [4.69, 9.17) is 9.47 Å². The van der Waals surface area contributed by atoms with Crippen molar-refractivity contribution in [3.63, 3.8) is 0 Å². The summed E-state index contributed by atoms with van der Waals surface area (Å²) in [5.74, 6) is -0.775. The van der Waals surface area contributed by atoms with E-state index in [1.165, 1.54) is 11.3 Å². The lowest BCUT2D eigenvalue weighted by molar-refractivity contribution is 0.0387. The first-order valence-corrected chi connectivity index (χ1v) is 10.6. The maximum absolute atomic E-state index is 12.9. The summed E-state index contributed by atoms with van der Waals surface area (Å²) >= 11 is 0. The predicted octanol–water partition coefficient (Wildman–Crippen LogP) is 4.38. The molecule has 32 heavy (non-hydrogen) atoms. The van der Waals surface area contributed by atoms with Crippen LogP contribution < -0.4 is 10.2 Å². The molecular formula is C25H27N3O4. The lowest BCUT2D eigenvalue weighted by Crippen LogP contribution is -2.15. The van der Waals surface area contributed by atoms with Crippen LogP contribution in [0, 0.1) is 13.8 Å². The van der Waals surface area contributed by atoms with Crippen molar-refractivity contribution in [1.29, 1.82) is 0 Å². The van der Waals surface area contributed by atoms with Crippen LogP contribution in [0.25, 0.3) is 0 Å². The van der Waals surface area contributed by atoms with Gasteiger partial charge >= 0.3 is 5.97 Å². The largest absolute Gasteiger partial charge is 0.460 e. The van der Waals surface area contributed by atoms with Gasteiger partial charge in [-0.2, -0.15) is 0 Å². The van der Waals surface area contributed by atoms with Crippen LogP contribution in [0.2, 0.25) is 0 Å². The van der Waals surface area contributed by atoms with Gasteiger partial charge < -0.3 is 24.7 Å². The highest BCUT2D eigenvalue weighted by atomic mass is 16.6. The molecule has 0 saturated carbocycles. The second-order valence-corrected chi connectivity index (χ2v) is 7.79. The minimum atomic E-state index is -0.470. The molecule has 1 amide bonds. The zero-order chi connectivity index (χ0) is 22.7. The number of aromatic amines is 1. The Hall–Kier alpha value is -3.58. The molecule has 0 saturated heterocycles. The highest BCUT2D eigenvalue weighted by molar-refractivity contribution is 6.06. The maximum atomic E-state index is 12.9. The van der Waals surface area contributed by atoms with E-state index in [1.807, 2.05) is 30.3 Å². The SMILES string of the molecule is COCCOC(=O)c1c(C)[nH]c(C(=O)Nc2ccc(N3CCc4ccccc43)cc2)c1C. The Bertz CT molecular complexity index is 1130. The summed E-state index contributed by atoms with van der Waals surface area (Å²) in [5.41, 5.74) is 6.23. The number of para-hydroxylation sites is 1. The average Bonchev–Trinajstić information content (AvgIpc) is 3.35. The molecule has 2 heterocycles. The summed E-state index contributed by atoms with van der Waals surface area (Å²) in [6.45, 7) is 4.91. The molecule has 0 aliphatic carbocycles. The van der Waals surface area contributed by atoms with Crippen LogP contribution in [0.1, 0.15) is 37.7 Å². The number of hydrogen-bond acceptors (Lipinski definition) is 5. The summed E-state index contributed by atoms with van der Waals surface area (Å²) in [5, 5.41) is 2.91. The van der Waals surface area contributed by atoms with E-state index in [0.717, 1.165) is 18.7 Å². The standard InChI is InChI=1S/C25H27N3O4/c1-16-22(25(30)32-15-14-31-3)17(2)26-23(16)24(29)27-19-8-10-20(11-9-19)28-13-12-18-6-4-5-7-21(18)28/h4-11,26H,12-15H2,1-3H3,(H,27,29). The van der Waals surface area contributed by atoms with Crippen LogP contribution in [0.4, 0.5) is 17.1 Å². The van der Waals surface area contributed by atoms with Gasteiger partial charge in [-0.15, -0.1) is 0 Å². The van der Waals surface area contributed by atoms with Gasteiger partial charge in [-0.25, -0.2) is 4.79 Å². The predicted molar refractivity (Wildman–Crippen MR) is 124 cm³/mol. The molecule has 0 atom stereocenters. The van der Waals surface area contributed by atoms with Gasteiger partial charge in [0.05, 0.1) is 12.2 Å². The molecule has 1 aromatic heterocycles. The van der Waals surface area contributed by atoms with Crippen molar-refractivity contribution >= 4 is 28.9 Å². The Kier molecular flexibility index (Phi) is 6.28. The first-order chi connectivity index (χ1) is 15.5. The van der Waals surface area contributed by atoms with Gasteiger partial charge in [-0.05, 0) is 61.7 Å². The van der Waals surface area contributed by atoms with E-state index < -0.39 is 5.97 Å². The number of aromatic nitrogens is 1. The number of fused-ring (bicyclic) bond motifs is 1. The van der Waals surface area contributed by atoms with Crippen LogP contribution >= 0.6 is 0 Å². The summed E-state index contributed by atoms with van der Waals surface area (Å²) in [6, 6.07) is 16.2. The Morgan fingerprint density at radius 2 is 1.81 bits per heavy atom. The van der Waals surface area contributed by atoms with E-state index in [2.05, 4.69) is 33.4 Å². The number of esters is 1. The zero-order valence-corrected chi connectivity index (χ0v) is 18.5. The van der Waals surface area contributed by atoms with Crippen molar-refractivity contribution in [2.75, 3.05) is 37.1 Å². The van der Waals surface area contributed by atoms with Crippen molar-refractivity contribution in [3.8, 4) is 0 Å². The third-order valence-electron chi connectivity index (χ3n) is 5.71. The molecule has 2 N–H and O–H groups in total. The molecule has 7 heteroatoms. The molecule has 2 aromatic carbocycles. The van der Waals surface area contributed by atoms with Gasteiger partial charge in [0.25, 0.3) is 5.91 Å². The lowest BCUT2D eigenvalue weighted by Gasteiger charge is -2.20. The molecule has 0 bridgehead atoms.